The molecule has 0 bridgehead atoms. The van der Waals surface area contributed by atoms with Crippen molar-refractivity contribution in [3.63, 3.8) is 0 Å². The maximum absolute atomic E-state index is 12.5. The van der Waals surface area contributed by atoms with E-state index in [0.29, 0.717) is 48.7 Å². The van der Waals surface area contributed by atoms with Gasteiger partial charge in [-0.25, -0.2) is 0 Å². The zero-order chi connectivity index (χ0) is 22.3. The van der Waals surface area contributed by atoms with Gasteiger partial charge in [-0.3, -0.25) is 9.69 Å². The van der Waals surface area contributed by atoms with E-state index in [0.717, 1.165) is 24.4 Å². The average Bonchev–Trinajstić information content (AvgIpc) is 3.28. The summed E-state index contributed by atoms with van der Waals surface area (Å²) in [6.07, 6.45) is 0. The number of carbonyl (C=O) groups is 1. The van der Waals surface area contributed by atoms with E-state index in [9.17, 15) is 4.79 Å². The van der Waals surface area contributed by atoms with E-state index in [1.165, 1.54) is 0 Å². The summed E-state index contributed by atoms with van der Waals surface area (Å²) < 4.78 is 16.4. The van der Waals surface area contributed by atoms with Gasteiger partial charge < -0.3 is 18.9 Å². The normalized spacial score (nSPS) is 14.4. The molecular formula is C23H25ClN4O4. The van der Waals surface area contributed by atoms with Crippen molar-refractivity contribution in [2.24, 2.45) is 0 Å². The van der Waals surface area contributed by atoms with Crippen molar-refractivity contribution >= 4 is 17.5 Å². The Labute approximate surface area is 191 Å². The van der Waals surface area contributed by atoms with Crippen molar-refractivity contribution < 1.29 is 18.8 Å². The molecule has 1 fully saturated rings. The second kappa shape index (κ2) is 10.5. The Balaban J connectivity index is 1.22. The van der Waals surface area contributed by atoms with Crippen molar-refractivity contribution in [2.45, 2.75) is 13.5 Å². The third kappa shape index (κ3) is 5.77. The van der Waals surface area contributed by atoms with Gasteiger partial charge in [0.15, 0.2) is 6.61 Å². The van der Waals surface area contributed by atoms with Crippen LogP contribution in [0.2, 0.25) is 5.02 Å². The quantitative estimate of drug-likeness (QED) is 0.513. The lowest BCUT2D eigenvalue weighted by atomic mass is 10.2. The molecule has 168 valence electrons. The fourth-order valence-corrected chi connectivity index (χ4v) is 3.54. The predicted molar refractivity (Wildman–Crippen MR) is 120 cm³/mol. The fourth-order valence-electron chi connectivity index (χ4n) is 3.42. The van der Waals surface area contributed by atoms with Crippen LogP contribution in [0, 0.1) is 0 Å². The van der Waals surface area contributed by atoms with Crippen molar-refractivity contribution in [3.05, 3.63) is 59.4 Å². The summed E-state index contributed by atoms with van der Waals surface area (Å²) in [4.78, 5) is 21.0. The van der Waals surface area contributed by atoms with Crippen molar-refractivity contribution in [3.8, 4) is 22.9 Å². The number of carbonyl (C=O) groups excluding carboxylic acids is 1. The number of piperazine rings is 1. The molecule has 3 aromatic rings. The molecule has 1 aliphatic rings. The lowest BCUT2D eigenvalue weighted by molar-refractivity contribution is -0.135. The van der Waals surface area contributed by atoms with E-state index >= 15 is 0 Å². The molecule has 1 saturated heterocycles. The Morgan fingerprint density at radius 1 is 1.00 bits per heavy atom. The number of hydrogen-bond donors (Lipinski definition) is 0. The molecule has 9 heteroatoms. The SMILES string of the molecule is CCOc1ccc(OCC(=O)N2CCN(Cc3nc(-c4ccc(Cl)cc4)no3)CC2)cc1. The summed E-state index contributed by atoms with van der Waals surface area (Å²) in [7, 11) is 0. The van der Waals surface area contributed by atoms with Crippen LogP contribution in [0.4, 0.5) is 0 Å². The van der Waals surface area contributed by atoms with Crippen LogP contribution in [-0.2, 0) is 11.3 Å². The number of amides is 1. The van der Waals surface area contributed by atoms with Crippen LogP contribution in [0.1, 0.15) is 12.8 Å². The first-order valence-corrected chi connectivity index (χ1v) is 10.9. The number of nitrogens with zero attached hydrogens (tertiary/aromatic N) is 4. The standard InChI is InChI=1S/C23H25ClN4O4/c1-2-30-19-7-9-20(10-8-19)31-16-22(29)28-13-11-27(12-14-28)15-21-25-23(26-32-21)17-3-5-18(24)6-4-17/h3-10H,2,11-16H2,1H3. The summed E-state index contributed by atoms with van der Waals surface area (Å²) >= 11 is 5.92. The molecule has 1 aliphatic heterocycles. The van der Waals surface area contributed by atoms with E-state index in [2.05, 4.69) is 15.0 Å². The molecule has 1 aromatic heterocycles. The molecule has 8 nitrogen and oxygen atoms in total. The Kier molecular flexibility index (Phi) is 7.24. The largest absolute Gasteiger partial charge is 0.494 e. The highest BCUT2D eigenvalue weighted by Gasteiger charge is 2.23. The third-order valence-electron chi connectivity index (χ3n) is 5.15. The van der Waals surface area contributed by atoms with Gasteiger partial charge in [0.2, 0.25) is 11.7 Å². The van der Waals surface area contributed by atoms with Crippen LogP contribution in [-0.4, -0.2) is 65.2 Å². The van der Waals surface area contributed by atoms with Gasteiger partial charge in [0.1, 0.15) is 11.5 Å². The average molecular weight is 457 g/mol. The molecule has 0 atom stereocenters. The van der Waals surface area contributed by atoms with Crippen LogP contribution in [0.25, 0.3) is 11.4 Å². The molecule has 0 saturated carbocycles. The minimum absolute atomic E-state index is 0.0160. The second-order valence-corrected chi connectivity index (χ2v) is 7.81. The van der Waals surface area contributed by atoms with Crippen LogP contribution in [0.3, 0.4) is 0 Å². The number of aromatic nitrogens is 2. The van der Waals surface area contributed by atoms with E-state index < -0.39 is 0 Å². The van der Waals surface area contributed by atoms with Gasteiger partial charge in [0, 0.05) is 36.8 Å². The van der Waals surface area contributed by atoms with Crippen molar-refractivity contribution in [2.75, 3.05) is 39.4 Å². The molecule has 32 heavy (non-hydrogen) atoms. The van der Waals surface area contributed by atoms with Gasteiger partial charge in [0.05, 0.1) is 13.2 Å². The smallest absolute Gasteiger partial charge is 0.260 e. The molecule has 0 spiro atoms. The fraction of sp³-hybridized carbons (Fsp3) is 0.348. The van der Waals surface area contributed by atoms with E-state index in [-0.39, 0.29) is 12.5 Å². The van der Waals surface area contributed by atoms with Gasteiger partial charge in [-0.15, -0.1) is 0 Å². The maximum Gasteiger partial charge on any atom is 0.260 e. The minimum Gasteiger partial charge on any atom is -0.494 e. The first-order valence-electron chi connectivity index (χ1n) is 10.5. The van der Waals surface area contributed by atoms with E-state index in [1.807, 2.05) is 36.1 Å². The third-order valence-corrected chi connectivity index (χ3v) is 5.40. The molecule has 0 N–H and O–H groups in total. The van der Waals surface area contributed by atoms with Gasteiger partial charge in [-0.2, -0.15) is 4.98 Å². The first kappa shape index (κ1) is 22.1. The van der Waals surface area contributed by atoms with Gasteiger partial charge in [-0.1, -0.05) is 16.8 Å². The molecule has 0 radical (unpaired) electrons. The van der Waals surface area contributed by atoms with Crippen LogP contribution < -0.4 is 9.47 Å². The molecule has 2 heterocycles. The van der Waals surface area contributed by atoms with Crippen LogP contribution >= 0.6 is 11.6 Å². The van der Waals surface area contributed by atoms with Gasteiger partial charge >= 0.3 is 0 Å². The summed E-state index contributed by atoms with van der Waals surface area (Å²) in [5, 5.41) is 4.71. The molecule has 2 aromatic carbocycles. The van der Waals surface area contributed by atoms with Crippen molar-refractivity contribution in [1.29, 1.82) is 0 Å². The molecule has 0 aliphatic carbocycles. The lowest BCUT2D eigenvalue weighted by Crippen LogP contribution is -2.49. The highest BCUT2D eigenvalue weighted by molar-refractivity contribution is 6.30. The number of benzene rings is 2. The summed E-state index contributed by atoms with van der Waals surface area (Å²) in [5.41, 5.74) is 0.854. The zero-order valence-electron chi connectivity index (χ0n) is 17.9. The number of rotatable bonds is 8. The van der Waals surface area contributed by atoms with Crippen molar-refractivity contribution in [1.82, 2.24) is 19.9 Å². The predicted octanol–water partition coefficient (Wildman–Crippen LogP) is 3.51. The molecular weight excluding hydrogens is 432 g/mol. The van der Waals surface area contributed by atoms with Crippen LogP contribution in [0.5, 0.6) is 11.5 Å². The summed E-state index contributed by atoms with van der Waals surface area (Å²) in [6, 6.07) is 14.6. The molecule has 1 amide bonds. The zero-order valence-corrected chi connectivity index (χ0v) is 18.6. The van der Waals surface area contributed by atoms with E-state index in [1.54, 1.807) is 24.3 Å². The Morgan fingerprint density at radius 3 is 2.31 bits per heavy atom. The molecule has 4 rings (SSSR count). The maximum atomic E-state index is 12.5. The minimum atomic E-state index is -0.0265. The number of ether oxygens (including phenoxy) is 2. The highest BCUT2D eigenvalue weighted by Crippen LogP contribution is 2.20. The van der Waals surface area contributed by atoms with E-state index in [4.69, 9.17) is 25.6 Å². The molecule has 0 unspecified atom stereocenters. The second-order valence-electron chi connectivity index (χ2n) is 7.37. The van der Waals surface area contributed by atoms with Gasteiger partial charge in [0.25, 0.3) is 5.91 Å². The summed E-state index contributed by atoms with van der Waals surface area (Å²) in [6.45, 7) is 5.83. The monoisotopic (exact) mass is 456 g/mol. The topological polar surface area (TPSA) is 80.9 Å². The highest BCUT2D eigenvalue weighted by atomic mass is 35.5. The lowest BCUT2D eigenvalue weighted by Gasteiger charge is -2.33. The Hall–Kier alpha value is -3.10. The first-order chi connectivity index (χ1) is 15.6. The Bertz CT molecular complexity index is 1020. The summed E-state index contributed by atoms with van der Waals surface area (Å²) in [5.74, 6) is 2.49. The number of hydrogen-bond acceptors (Lipinski definition) is 7. The van der Waals surface area contributed by atoms with Gasteiger partial charge in [-0.05, 0) is 55.5 Å². The van der Waals surface area contributed by atoms with Crippen LogP contribution in [0.15, 0.2) is 53.1 Å². The Morgan fingerprint density at radius 2 is 1.66 bits per heavy atom. The number of halogens is 1.